The maximum absolute atomic E-state index is 12.5. The molecule has 3 aromatic rings. The fraction of sp³-hybridized carbons (Fsp3) is 0.474. The molecule has 0 radical (unpaired) electrons. The molecule has 0 amide bonds. The van der Waals surface area contributed by atoms with E-state index in [-0.39, 0.29) is 17.7 Å². The van der Waals surface area contributed by atoms with Crippen LogP contribution < -0.4 is 5.56 Å². The number of H-pyrrole nitrogens is 1. The molecule has 2 aromatic heterocycles. The van der Waals surface area contributed by atoms with Gasteiger partial charge in [0, 0.05) is 29.6 Å². The largest absolute Gasteiger partial charge is 0.449 e. The molecule has 0 spiro atoms. The number of halogens is 1. The zero-order valence-electron chi connectivity index (χ0n) is 14.2. The highest BCUT2D eigenvalue weighted by atomic mass is 79.9. The van der Waals surface area contributed by atoms with Crippen LogP contribution in [0.3, 0.4) is 0 Å². The first-order chi connectivity index (χ1) is 12.6. The second kappa shape index (κ2) is 6.18. The Hall–Kier alpha value is -1.70. The Bertz CT molecular complexity index is 1040. The number of piperidine rings is 1. The molecule has 2 fully saturated rings. The molecule has 1 saturated carbocycles. The van der Waals surface area contributed by atoms with Crippen molar-refractivity contribution in [3.05, 3.63) is 38.9 Å². The Kier molecular flexibility index (Phi) is 3.92. The first-order valence-corrected chi connectivity index (χ1v) is 9.86. The van der Waals surface area contributed by atoms with Gasteiger partial charge in [-0.15, -0.1) is 0 Å². The van der Waals surface area contributed by atoms with Crippen LogP contribution in [0.4, 0.5) is 0 Å². The number of benzene rings is 1. The molecular weight excluding hydrogens is 398 g/mol. The maximum Gasteiger partial charge on any atom is 0.294 e. The Balaban J connectivity index is 1.50. The second-order valence-electron chi connectivity index (χ2n) is 7.57. The summed E-state index contributed by atoms with van der Waals surface area (Å²) in [6.45, 7) is 2.70. The zero-order valence-corrected chi connectivity index (χ0v) is 15.8. The lowest BCUT2D eigenvalue weighted by Gasteiger charge is -2.49. The molecule has 1 aliphatic carbocycles. The summed E-state index contributed by atoms with van der Waals surface area (Å²) in [5.74, 6) is 2.33. The van der Waals surface area contributed by atoms with Crippen molar-refractivity contribution in [2.24, 2.45) is 17.8 Å². The van der Waals surface area contributed by atoms with Gasteiger partial charge in [-0.2, -0.15) is 0 Å². The van der Waals surface area contributed by atoms with Crippen LogP contribution >= 0.6 is 15.9 Å². The van der Waals surface area contributed by atoms with Crippen LogP contribution in [0.25, 0.3) is 22.1 Å². The minimum atomic E-state index is -0.241. The molecule has 2 N–H and O–H groups in total. The third kappa shape index (κ3) is 2.61. The minimum absolute atomic E-state index is 0.237. The molecule has 1 saturated heterocycles. The number of aromatic amines is 1. The average molecular weight is 418 g/mol. The molecule has 1 aliphatic heterocycles. The summed E-state index contributed by atoms with van der Waals surface area (Å²) in [4.78, 5) is 22.4. The van der Waals surface area contributed by atoms with Crippen LogP contribution in [0.5, 0.6) is 0 Å². The molecule has 3 heterocycles. The number of rotatable bonds is 3. The Morgan fingerprint density at radius 2 is 2.23 bits per heavy atom. The van der Waals surface area contributed by atoms with E-state index in [1.807, 2.05) is 18.2 Å². The third-order valence-electron chi connectivity index (χ3n) is 6.01. The van der Waals surface area contributed by atoms with E-state index in [2.05, 4.69) is 25.8 Å². The smallest absolute Gasteiger partial charge is 0.294 e. The summed E-state index contributed by atoms with van der Waals surface area (Å²) in [6, 6.07) is 5.66. The van der Waals surface area contributed by atoms with Crippen molar-refractivity contribution in [1.29, 1.82) is 0 Å². The van der Waals surface area contributed by atoms with Crippen molar-refractivity contribution in [2.75, 3.05) is 19.7 Å². The lowest BCUT2D eigenvalue weighted by Crippen LogP contribution is -2.51. The molecular formula is C19H20BrN3O3. The fourth-order valence-electron chi connectivity index (χ4n) is 4.60. The topological polar surface area (TPSA) is 82.4 Å². The Morgan fingerprint density at radius 3 is 3.00 bits per heavy atom. The van der Waals surface area contributed by atoms with Crippen molar-refractivity contribution in [3.8, 4) is 0 Å². The molecule has 3 unspecified atom stereocenters. The molecule has 7 heteroatoms. The normalized spacial score (nSPS) is 26.2. The number of hydrogen-bond acceptors (Lipinski definition) is 5. The SMILES string of the molecule is O=c1[nH]c(CN2CC(CO)C3CCC3C2)nc2c1oc1ccc(Br)cc12. The summed E-state index contributed by atoms with van der Waals surface area (Å²) >= 11 is 3.47. The Labute approximate surface area is 158 Å². The number of likely N-dealkylation sites (tertiary alicyclic amines) is 1. The predicted molar refractivity (Wildman–Crippen MR) is 102 cm³/mol. The second-order valence-corrected chi connectivity index (χ2v) is 8.49. The quantitative estimate of drug-likeness (QED) is 0.684. The van der Waals surface area contributed by atoms with E-state index in [1.165, 1.54) is 12.8 Å². The molecule has 2 aliphatic rings. The van der Waals surface area contributed by atoms with Crippen LogP contribution in [0.2, 0.25) is 0 Å². The van der Waals surface area contributed by atoms with Crippen molar-refractivity contribution < 1.29 is 9.52 Å². The van der Waals surface area contributed by atoms with E-state index in [4.69, 9.17) is 9.40 Å². The van der Waals surface area contributed by atoms with E-state index in [1.54, 1.807) is 0 Å². The highest BCUT2D eigenvalue weighted by Gasteiger charge is 2.42. The predicted octanol–water partition coefficient (Wildman–Crippen LogP) is 2.88. The van der Waals surface area contributed by atoms with Crippen LogP contribution in [0.1, 0.15) is 18.7 Å². The van der Waals surface area contributed by atoms with Gasteiger partial charge in [-0.1, -0.05) is 15.9 Å². The van der Waals surface area contributed by atoms with Crippen LogP contribution in [-0.4, -0.2) is 39.7 Å². The molecule has 3 atom stereocenters. The third-order valence-corrected chi connectivity index (χ3v) is 6.50. The van der Waals surface area contributed by atoms with Crippen LogP contribution in [0.15, 0.2) is 31.9 Å². The molecule has 6 nitrogen and oxygen atoms in total. The number of aromatic nitrogens is 2. The van der Waals surface area contributed by atoms with Gasteiger partial charge >= 0.3 is 0 Å². The van der Waals surface area contributed by atoms with Gasteiger partial charge in [-0.3, -0.25) is 9.69 Å². The lowest BCUT2D eigenvalue weighted by molar-refractivity contribution is -0.0316. The fourth-order valence-corrected chi connectivity index (χ4v) is 4.96. The zero-order chi connectivity index (χ0) is 17.8. The molecule has 5 rings (SSSR count). The van der Waals surface area contributed by atoms with Gasteiger partial charge in [0.25, 0.3) is 5.56 Å². The van der Waals surface area contributed by atoms with Crippen molar-refractivity contribution in [2.45, 2.75) is 19.4 Å². The van der Waals surface area contributed by atoms with Crippen molar-refractivity contribution in [3.63, 3.8) is 0 Å². The van der Waals surface area contributed by atoms with E-state index >= 15 is 0 Å². The molecule has 136 valence electrons. The number of fused-ring (bicyclic) bond motifs is 4. The van der Waals surface area contributed by atoms with Gasteiger partial charge in [0.2, 0.25) is 5.58 Å². The minimum Gasteiger partial charge on any atom is -0.449 e. The number of nitrogens with zero attached hydrogens (tertiary/aromatic N) is 2. The first-order valence-electron chi connectivity index (χ1n) is 9.06. The van der Waals surface area contributed by atoms with Gasteiger partial charge in [0.15, 0.2) is 0 Å². The number of furan rings is 1. The van der Waals surface area contributed by atoms with Gasteiger partial charge in [-0.25, -0.2) is 4.98 Å². The van der Waals surface area contributed by atoms with Gasteiger partial charge in [0.05, 0.1) is 6.54 Å². The molecule has 26 heavy (non-hydrogen) atoms. The lowest BCUT2D eigenvalue weighted by atomic mass is 9.64. The first kappa shape index (κ1) is 16.5. The summed E-state index contributed by atoms with van der Waals surface area (Å²) in [7, 11) is 0. The highest BCUT2D eigenvalue weighted by Crippen LogP contribution is 2.43. The summed E-state index contributed by atoms with van der Waals surface area (Å²) in [6.07, 6.45) is 2.47. The standard InChI is InChI=1S/C19H20BrN3O3/c20-12-2-4-15-14(5-12)17-18(26-15)19(25)22-16(21-17)8-23-6-10-1-3-13(10)11(7-23)9-24/h2,4-5,10-11,13,24H,1,3,6-9H2,(H,21,22,25). The van der Waals surface area contributed by atoms with E-state index in [0.29, 0.717) is 41.2 Å². The number of aliphatic hydroxyl groups is 1. The van der Waals surface area contributed by atoms with E-state index < -0.39 is 0 Å². The number of hydrogen-bond donors (Lipinski definition) is 2. The highest BCUT2D eigenvalue weighted by molar-refractivity contribution is 9.10. The summed E-state index contributed by atoms with van der Waals surface area (Å²) in [5, 5.41) is 10.5. The van der Waals surface area contributed by atoms with Gasteiger partial charge in [0.1, 0.15) is 16.9 Å². The maximum atomic E-state index is 12.5. The van der Waals surface area contributed by atoms with Gasteiger partial charge < -0.3 is 14.5 Å². The Morgan fingerprint density at radius 1 is 1.35 bits per heavy atom. The number of aliphatic hydroxyl groups excluding tert-OH is 1. The summed E-state index contributed by atoms with van der Waals surface area (Å²) < 4.78 is 6.61. The van der Waals surface area contributed by atoms with Crippen molar-refractivity contribution in [1.82, 2.24) is 14.9 Å². The number of nitrogens with one attached hydrogen (secondary N) is 1. The molecule has 1 aromatic carbocycles. The van der Waals surface area contributed by atoms with Crippen molar-refractivity contribution >= 4 is 38.0 Å². The van der Waals surface area contributed by atoms with E-state index in [0.717, 1.165) is 22.9 Å². The summed E-state index contributed by atoms with van der Waals surface area (Å²) in [5.41, 5.74) is 1.30. The monoisotopic (exact) mass is 417 g/mol. The van der Waals surface area contributed by atoms with E-state index in [9.17, 15) is 9.90 Å². The van der Waals surface area contributed by atoms with Crippen LogP contribution in [0, 0.1) is 17.8 Å². The van der Waals surface area contributed by atoms with Gasteiger partial charge in [-0.05, 0) is 48.8 Å². The van der Waals surface area contributed by atoms with Crippen LogP contribution in [-0.2, 0) is 6.54 Å². The molecule has 0 bridgehead atoms. The average Bonchev–Trinajstić information content (AvgIpc) is 2.95.